The Kier molecular flexibility index (Phi) is 7.38. The van der Waals surface area contributed by atoms with Gasteiger partial charge in [-0.05, 0) is 31.5 Å². The molecule has 0 saturated carbocycles. The molecule has 0 aliphatic rings. The van der Waals surface area contributed by atoms with Crippen molar-refractivity contribution in [2.24, 2.45) is 0 Å². The van der Waals surface area contributed by atoms with Gasteiger partial charge in [-0.3, -0.25) is 14.7 Å². The van der Waals surface area contributed by atoms with Crippen LogP contribution in [0.4, 0.5) is 15.1 Å². The molecule has 0 bridgehead atoms. The molecule has 0 spiro atoms. The number of halogens is 1. The Morgan fingerprint density at radius 1 is 1.22 bits per heavy atom. The Morgan fingerprint density at radius 3 is 2.62 bits per heavy atom. The molecule has 2 aromatic carbocycles. The molecule has 0 radical (unpaired) electrons. The first kappa shape index (κ1) is 22.7. The van der Waals surface area contributed by atoms with Crippen LogP contribution in [-0.4, -0.2) is 46.0 Å². The third-order valence-corrected chi connectivity index (χ3v) is 4.76. The summed E-state index contributed by atoms with van der Waals surface area (Å²) in [5.41, 5.74) is 2.51. The van der Waals surface area contributed by atoms with Crippen molar-refractivity contribution in [3.8, 4) is 16.9 Å². The number of aryl methyl sites for hydroxylation is 1. The van der Waals surface area contributed by atoms with Crippen LogP contribution in [0.15, 0.2) is 67.4 Å². The van der Waals surface area contributed by atoms with Gasteiger partial charge in [0.15, 0.2) is 0 Å². The second-order valence-electron chi connectivity index (χ2n) is 7.17. The second-order valence-corrected chi connectivity index (χ2v) is 7.17. The minimum absolute atomic E-state index is 0.187. The van der Waals surface area contributed by atoms with E-state index in [0.717, 1.165) is 5.56 Å². The zero-order valence-electron chi connectivity index (χ0n) is 18.1. The molecule has 32 heavy (non-hydrogen) atoms. The number of nitrogens with zero attached hydrogens (tertiary/aromatic N) is 3. The van der Waals surface area contributed by atoms with Crippen LogP contribution in [0.1, 0.15) is 12.5 Å². The summed E-state index contributed by atoms with van der Waals surface area (Å²) in [4.78, 5) is 30.8. The van der Waals surface area contributed by atoms with E-state index < -0.39 is 5.91 Å². The van der Waals surface area contributed by atoms with E-state index in [2.05, 4.69) is 22.2 Å². The van der Waals surface area contributed by atoms with E-state index in [4.69, 9.17) is 0 Å². The summed E-state index contributed by atoms with van der Waals surface area (Å²) in [6.07, 6.45) is 3.28. The molecule has 1 heterocycles. The number of benzene rings is 2. The lowest BCUT2D eigenvalue weighted by atomic mass is 10.2. The summed E-state index contributed by atoms with van der Waals surface area (Å²) in [6.45, 7) is 7.58. The molecule has 3 amide bonds. The van der Waals surface area contributed by atoms with E-state index in [1.807, 2.05) is 30.3 Å². The molecule has 8 heteroatoms. The highest BCUT2D eigenvalue weighted by molar-refractivity contribution is 5.93. The van der Waals surface area contributed by atoms with Gasteiger partial charge in [0, 0.05) is 24.8 Å². The zero-order valence-corrected chi connectivity index (χ0v) is 18.1. The van der Waals surface area contributed by atoms with Crippen molar-refractivity contribution in [3.63, 3.8) is 0 Å². The average Bonchev–Trinajstić information content (AvgIpc) is 3.19. The standard InChI is InChI=1S/C24H26FN5O2/c1-4-13-29(24(32)26-5-2)16-22(31)28-23-27-21(18-9-7-6-8-10-18)15-30(23)19-12-11-17(3)20(25)14-19/h4,6-12,14-15H,1,5,13,16H2,2-3H3,(H,26,32)(H,27,28,31). The third kappa shape index (κ3) is 5.40. The highest BCUT2D eigenvalue weighted by atomic mass is 19.1. The molecule has 166 valence electrons. The molecule has 7 nitrogen and oxygen atoms in total. The number of aromatic nitrogens is 2. The molecule has 3 aromatic rings. The van der Waals surface area contributed by atoms with Crippen LogP contribution in [0.5, 0.6) is 0 Å². The number of nitrogens with one attached hydrogen (secondary N) is 2. The van der Waals surface area contributed by atoms with Crippen molar-refractivity contribution in [3.05, 3.63) is 78.8 Å². The van der Waals surface area contributed by atoms with Gasteiger partial charge in [-0.25, -0.2) is 14.2 Å². The summed E-state index contributed by atoms with van der Waals surface area (Å²) < 4.78 is 15.8. The maximum atomic E-state index is 14.2. The van der Waals surface area contributed by atoms with Crippen LogP contribution < -0.4 is 10.6 Å². The zero-order chi connectivity index (χ0) is 23.1. The maximum absolute atomic E-state index is 14.2. The monoisotopic (exact) mass is 435 g/mol. The quantitative estimate of drug-likeness (QED) is 0.522. The first-order valence-electron chi connectivity index (χ1n) is 10.3. The third-order valence-electron chi connectivity index (χ3n) is 4.76. The highest BCUT2D eigenvalue weighted by Crippen LogP contribution is 2.25. The minimum Gasteiger partial charge on any atom is -0.338 e. The Labute approximate surface area is 186 Å². The van der Waals surface area contributed by atoms with Crippen LogP contribution >= 0.6 is 0 Å². The molecular formula is C24H26FN5O2. The van der Waals surface area contributed by atoms with Crippen molar-refractivity contribution in [1.29, 1.82) is 0 Å². The molecule has 0 aliphatic heterocycles. The molecule has 0 saturated heterocycles. The van der Waals surface area contributed by atoms with Crippen LogP contribution in [0.25, 0.3) is 16.9 Å². The number of hydrogen-bond acceptors (Lipinski definition) is 3. The lowest BCUT2D eigenvalue weighted by Gasteiger charge is -2.20. The van der Waals surface area contributed by atoms with Gasteiger partial charge in [0.05, 0.1) is 11.4 Å². The van der Waals surface area contributed by atoms with Crippen molar-refractivity contribution in [2.75, 3.05) is 25.0 Å². The number of carbonyl (C=O) groups is 2. The Balaban J connectivity index is 1.92. The average molecular weight is 436 g/mol. The van der Waals surface area contributed by atoms with Crippen LogP contribution in [0.3, 0.4) is 0 Å². The summed E-state index contributed by atoms with van der Waals surface area (Å²) in [6, 6.07) is 13.9. The Bertz CT molecular complexity index is 1110. The molecule has 0 fully saturated rings. The van der Waals surface area contributed by atoms with Gasteiger partial charge in [-0.1, -0.05) is 42.5 Å². The first-order valence-corrected chi connectivity index (χ1v) is 10.3. The molecule has 0 unspecified atom stereocenters. The Morgan fingerprint density at radius 2 is 1.97 bits per heavy atom. The number of anilines is 1. The molecular weight excluding hydrogens is 409 g/mol. The highest BCUT2D eigenvalue weighted by Gasteiger charge is 2.19. The minimum atomic E-state index is -0.433. The normalized spacial score (nSPS) is 10.5. The van der Waals surface area contributed by atoms with Crippen molar-refractivity contribution >= 4 is 17.9 Å². The maximum Gasteiger partial charge on any atom is 0.318 e. The predicted molar refractivity (Wildman–Crippen MR) is 123 cm³/mol. The van der Waals surface area contributed by atoms with E-state index in [1.165, 1.54) is 11.0 Å². The van der Waals surface area contributed by atoms with Gasteiger partial charge in [-0.15, -0.1) is 6.58 Å². The second kappa shape index (κ2) is 10.4. The predicted octanol–water partition coefficient (Wildman–Crippen LogP) is 4.14. The van der Waals surface area contributed by atoms with Gasteiger partial charge < -0.3 is 10.2 Å². The van der Waals surface area contributed by atoms with E-state index in [1.54, 1.807) is 42.8 Å². The number of amides is 3. The van der Waals surface area contributed by atoms with Crippen LogP contribution in [-0.2, 0) is 4.79 Å². The largest absolute Gasteiger partial charge is 0.338 e. The lowest BCUT2D eigenvalue weighted by Crippen LogP contribution is -2.44. The number of urea groups is 1. The van der Waals surface area contributed by atoms with E-state index >= 15 is 0 Å². The number of imidazole rings is 1. The van der Waals surface area contributed by atoms with Gasteiger partial charge in [0.25, 0.3) is 0 Å². The summed E-state index contributed by atoms with van der Waals surface area (Å²) in [7, 11) is 0. The number of hydrogen-bond donors (Lipinski definition) is 2. The lowest BCUT2D eigenvalue weighted by molar-refractivity contribution is -0.116. The van der Waals surface area contributed by atoms with E-state index in [-0.39, 0.29) is 30.9 Å². The Hall–Kier alpha value is -3.94. The molecule has 3 rings (SSSR count). The first-order chi connectivity index (χ1) is 15.4. The fourth-order valence-corrected chi connectivity index (χ4v) is 3.12. The molecule has 0 aliphatic carbocycles. The fraction of sp³-hybridized carbons (Fsp3) is 0.208. The van der Waals surface area contributed by atoms with E-state index in [0.29, 0.717) is 23.5 Å². The van der Waals surface area contributed by atoms with Crippen molar-refractivity contribution < 1.29 is 14.0 Å². The molecule has 2 N–H and O–H groups in total. The van der Waals surface area contributed by atoms with Gasteiger partial charge in [-0.2, -0.15) is 0 Å². The molecule has 1 aromatic heterocycles. The van der Waals surface area contributed by atoms with Gasteiger partial charge in [0.1, 0.15) is 12.4 Å². The topological polar surface area (TPSA) is 79.3 Å². The smallest absolute Gasteiger partial charge is 0.318 e. The summed E-state index contributed by atoms with van der Waals surface area (Å²) >= 11 is 0. The van der Waals surface area contributed by atoms with Gasteiger partial charge >= 0.3 is 6.03 Å². The summed E-state index contributed by atoms with van der Waals surface area (Å²) in [5, 5.41) is 5.42. The number of rotatable bonds is 8. The van der Waals surface area contributed by atoms with E-state index in [9.17, 15) is 14.0 Å². The number of carbonyl (C=O) groups excluding carboxylic acids is 2. The van der Waals surface area contributed by atoms with Gasteiger partial charge in [0.2, 0.25) is 11.9 Å². The van der Waals surface area contributed by atoms with Crippen molar-refractivity contribution in [1.82, 2.24) is 19.8 Å². The van der Waals surface area contributed by atoms with Crippen LogP contribution in [0.2, 0.25) is 0 Å². The van der Waals surface area contributed by atoms with Crippen molar-refractivity contribution in [2.45, 2.75) is 13.8 Å². The molecule has 0 atom stereocenters. The summed E-state index contributed by atoms with van der Waals surface area (Å²) in [5.74, 6) is -0.563. The van der Waals surface area contributed by atoms with Crippen LogP contribution in [0, 0.1) is 12.7 Å². The SMILES string of the molecule is C=CCN(CC(=O)Nc1nc(-c2ccccc2)cn1-c1ccc(C)c(F)c1)C(=O)NCC. The fourth-order valence-electron chi connectivity index (χ4n) is 3.12.